The minimum Gasteiger partial charge on any atom is -0.333 e. The molecule has 1 aromatic rings. The number of nitrogens with zero attached hydrogens (tertiary/aromatic N) is 2. The van der Waals surface area contributed by atoms with E-state index in [4.69, 9.17) is 0 Å². The Balaban J connectivity index is 2.34. The van der Waals surface area contributed by atoms with Crippen LogP contribution in [0.2, 0.25) is 0 Å². The maximum absolute atomic E-state index is 11.5. The van der Waals surface area contributed by atoms with Crippen LogP contribution in [0.15, 0.2) is 17.6 Å². The van der Waals surface area contributed by atoms with Crippen LogP contribution in [0.4, 0.5) is 4.79 Å². The normalized spacial score (nSPS) is 11.1. The Labute approximate surface area is 111 Å². The first-order chi connectivity index (χ1) is 8.28. The monoisotopic (exact) mass is 270 g/mol. The van der Waals surface area contributed by atoms with Crippen molar-refractivity contribution in [1.82, 2.24) is 20.2 Å². The third-order valence-corrected chi connectivity index (χ3v) is 2.91. The summed E-state index contributed by atoms with van der Waals surface area (Å²) < 4.78 is 1.81. The lowest BCUT2D eigenvalue weighted by Crippen LogP contribution is -2.48. The zero-order valence-corrected chi connectivity index (χ0v) is 11.8. The van der Waals surface area contributed by atoms with Gasteiger partial charge in [0.25, 0.3) is 0 Å². The lowest BCUT2D eigenvalue weighted by molar-refractivity contribution is -0.117. The fourth-order valence-electron chi connectivity index (χ4n) is 1.16. The topological polar surface area (TPSA) is 76.0 Å². The summed E-state index contributed by atoms with van der Waals surface area (Å²) >= 11 is 1.28. The molecule has 1 heterocycles. The van der Waals surface area contributed by atoms with E-state index in [1.807, 2.05) is 32.4 Å². The summed E-state index contributed by atoms with van der Waals surface area (Å²) in [4.78, 5) is 27.0. The summed E-state index contributed by atoms with van der Waals surface area (Å²) in [7, 11) is 1.85. The van der Waals surface area contributed by atoms with Crippen molar-refractivity contribution in [1.29, 1.82) is 0 Å². The van der Waals surface area contributed by atoms with Crippen molar-refractivity contribution < 1.29 is 9.59 Å². The van der Waals surface area contributed by atoms with E-state index in [0.717, 1.165) is 5.16 Å². The molecule has 0 atom stereocenters. The fraction of sp³-hybridized carbons (Fsp3) is 0.545. The highest BCUT2D eigenvalue weighted by molar-refractivity contribution is 7.99. The molecule has 0 aromatic carbocycles. The second kappa shape index (κ2) is 5.90. The highest BCUT2D eigenvalue weighted by Crippen LogP contribution is 2.13. The number of imidazole rings is 1. The molecule has 0 saturated heterocycles. The number of hydrogen-bond acceptors (Lipinski definition) is 4. The van der Waals surface area contributed by atoms with Gasteiger partial charge in [-0.1, -0.05) is 11.8 Å². The molecular weight excluding hydrogens is 252 g/mol. The molecule has 0 saturated carbocycles. The number of aromatic nitrogens is 2. The van der Waals surface area contributed by atoms with Gasteiger partial charge in [0, 0.05) is 25.0 Å². The molecule has 0 fully saturated rings. The molecular formula is C11H18N4O2S. The Kier molecular flexibility index (Phi) is 4.77. The molecule has 2 N–H and O–H groups in total. The van der Waals surface area contributed by atoms with Crippen LogP contribution >= 0.6 is 11.8 Å². The minimum absolute atomic E-state index is 0.155. The predicted molar refractivity (Wildman–Crippen MR) is 70.4 cm³/mol. The second-order valence-corrected chi connectivity index (χ2v) is 5.80. The van der Waals surface area contributed by atoms with Gasteiger partial charge in [-0.05, 0) is 20.8 Å². The minimum atomic E-state index is -0.479. The summed E-state index contributed by atoms with van der Waals surface area (Å²) in [5.41, 5.74) is -0.364. The Bertz CT molecular complexity index is 436. The number of urea groups is 1. The van der Waals surface area contributed by atoms with Crippen LogP contribution in [0.5, 0.6) is 0 Å². The lowest BCUT2D eigenvalue weighted by Gasteiger charge is -2.20. The first kappa shape index (κ1) is 14.6. The summed E-state index contributed by atoms with van der Waals surface area (Å²) in [6, 6.07) is -0.479. The maximum Gasteiger partial charge on any atom is 0.321 e. The van der Waals surface area contributed by atoms with Crippen LogP contribution < -0.4 is 10.6 Å². The molecule has 3 amide bonds. The number of carbonyl (C=O) groups is 2. The average molecular weight is 270 g/mol. The number of hydrogen-bond donors (Lipinski definition) is 2. The van der Waals surface area contributed by atoms with Gasteiger partial charge in [0.05, 0.1) is 5.75 Å². The van der Waals surface area contributed by atoms with Crippen LogP contribution in [-0.4, -0.2) is 32.8 Å². The standard InChI is InChI=1S/C11H18N4O2S/c1-11(2,3)14-9(17)13-8(16)7-18-10-12-5-6-15(10)4/h5-6H,7H2,1-4H3,(H2,13,14,16,17). The molecule has 100 valence electrons. The van der Waals surface area contributed by atoms with Gasteiger partial charge in [0.1, 0.15) is 0 Å². The summed E-state index contributed by atoms with van der Waals surface area (Å²) in [5, 5.41) is 5.66. The molecule has 1 rings (SSSR count). The first-order valence-corrected chi connectivity index (χ1v) is 6.48. The van der Waals surface area contributed by atoms with Gasteiger partial charge in [0.2, 0.25) is 5.91 Å². The molecule has 0 bridgehead atoms. The highest BCUT2D eigenvalue weighted by Gasteiger charge is 2.15. The quantitative estimate of drug-likeness (QED) is 0.807. The molecule has 18 heavy (non-hydrogen) atoms. The smallest absolute Gasteiger partial charge is 0.321 e. The van der Waals surface area contributed by atoms with E-state index in [-0.39, 0.29) is 17.2 Å². The van der Waals surface area contributed by atoms with Gasteiger partial charge >= 0.3 is 6.03 Å². The number of amides is 3. The molecule has 0 aliphatic heterocycles. The Morgan fingerprint density at radius 2 is 2.11 bits per heavy atom. The van der Waals surface area contributed by atoms with Crippen molar-refractivity contribution in [2.75, 3.05) is 5.75 Å². The van der Waals surface area contributed by atoms with Crippen molar-refractivity contribution in [3.8, 4) is 0 Å². The van der Waals surface area contributed by atoms with Crippen LogP contribution in [0.25, 0.3) is 0 Å². The van der Waals surface area contributed by atoms with E-state index in [2.05, 4.69) is 15.6 Å². The van der Waals surface area contributed by atoms with E-state index >= 15 is 0 Å². The number of carbonyl (C=O) groups excluding carboxylic acids is 2. The molecule has 7 heteroatoms. The second-order valence-electron chi connectivity index (χ2n) is 4.86. The van der Waals surface area contributed by atoms with Gasteiger partial charge in [-0.25, -0.2) is 9.78 Å². The third-order valence-electron chi connectivity index (χ3n) is 1.85. The van der Waals surface area contributed by atoms with Crippen molar-refractivity contribution in [3.05, 3.63) is 12.4 Å². The van der Waals surface area contributed by atoms with Gasteiger partial charge in [-0.15, -0.1) is 0 Å². The van der Waals surface area contributed by atoms with Crippen molar-refractivity contribution in [2.45, 2.75) is 31.5 Å². The van der Waals surface area contributed by atoms with Crippen molar-refractivity contribution in [3.63, 3.8) is 0 Å². The maximum atomic E-state index is 11.5. The van der Waals surface area contributed by atoms with E-state index in [1.165, 1.54) is 11.8 Å². The van der Waals surface area contributed by atoms with Crippen LogP contribution in [0.1, 0.15) is 20.8 Å². The highest BCUT2D eigenvalue weighted by atomic mass is 32.2. The number of rotatable bonds is 3. The van der Waals surface area contributed by atoms with E-state index in [0.29, 0.717) is 0 Å². The Morgan fingerprint density at radius 3 is 2.61 bits per heavy atom. The molecule has 1 aromatic heterocycles. The zero-order chi connectivity index (χ0) is 13.8. The summed E-state index contributed by atoms with van der Waals surface area (Å²) in [5.74, 6) is -0.188. The average Bonchev–Trinajstić information content (AvgIpc) is 2.57. The van der Waals surface area contributed by atoms with Crippen LogP contribution in [-0.2, 0) is 11.8 Å². The van der Waals surface area contributed by atoms with E-state index in [1.54, 1.807) is 12.4 Å². The SMILES string of the molecule is Cn1ccnc1SCC(=O)NC(=O)NC(C)(C)C. The molecule has 0 radical (unpaired) electrons. The predicted octanol–water partition coefficient (Wildman–Crippen LogP) is 1.14. The molecule has 0 aliphatic rings. The zero-order valence-electron chi connectivity index (χ0n) is 11.0. The summed E-state index contributed by atoms with van der Waals surface area (Å²) in [6.07, 6.45) is 3.46. The van der Waals surface area contributed by atoms with E-state index < -0.39 is 6.03 Å². The number of thioether (sulfide) groups is 1. The lowest BCUT2D eigenvalue weighted by atomic mass is 10.1. The number of nitrogens with one attached hydrogen (secondary N) is 2. The molecule has 0 unspecified atom stereocenters. The number of aryl methyl sites for hydroxylation is 1. The summed E-state index contributed by atoms with van der Waals surface area (Å²) in [6.45, 7) is 5.54. The van der Waals surface area contributed by atoms with E-state index in [9.17, 15) is 9.59 Å². The Hall–Kier alpha value is -1.50. The first-order valence-electron chi connectivity index (χ1n) is 5.50. The van der Waals surface area contributed by atoms with Gasteiger partial charge in [-0.2, -0.15) is 0 Å². The van der Waals surface area contributed by atoms with Gasteiger partial charge in [0.15, 0.2) is 5.16 Å². The number of imide groups is 1. The molecule has 0 spiro atoms. The van der Waals surface area contributed by atoms with Gasteiger partial charge < -0.3 is 9.88 Å². The Morgan fingerprint density at radius 1 is 1.44 bits per heavy atom. The fourth-order valence-corrected chi connectivity index (χ4v) is 1.89. The van der Waals surface area contributed by atoms with Crippen molar-refractivity contribution >= 4 is 23.7 Å². The largest absolute Gasteiger partial charge is 0.333 e. The third kappa shape index (κ3) is 5.22. The molecule has 6 nitrogen and oxygen atoms in total. The van der Waals surface area contributed by atoms with Gasteiger partial charge in [-0.3, -0.25) is 10.1 Å². The molecule has 0 aliphatic carbocycles. The van der Waals surface area contributed by atoms with Crippen LogP contribution in [0.3, 0.4) is 0 Å². The van der Waals surface area contributed by atoms with Crippen molar-refractivity contribution in [2.24, 2.45) is 7.05 Å². The van der Waals surface area contributed by atoms with Crippen LogP contribution in [0, 0.1) is 0 Å².